The minimum absolute atomic E-state index is 0.0827. The molecule has 0 bridgehead atoms. The molecule has 0 saturated carbocycles. The number of aromatic nitrogens is 2. The van der Waals surface area contributed by atoms with Gasteiger partial charge in [-0.2, -0.15) is 4.98 Å². The first kappa shape index (κ1) is 18.1. The van der Waals surface area contributed by atoms with Gasteiger partial charge in [0.2, 0.25) is 11.7 Å². The van der Waals surface area contributed by atoms with E-state index in [0.29, 0.717) is 30.3 Å². The van der Waals surface area contributed by atoms with E-state index in [0.717, 1.165) is 32.2 Å². The summed E-state index contributed by atoms with van der Waals surface area (Å²) in [6.45, 7) is 12.3. The van der Waals surface area contributed by atoms with E-state index in [9.17, 15) is 0 Å². The number of hydrogen-bond acceptors (Lipinski definition) is 5. The first-order valence-corrected chi connectivity index (χ1v) is 8.29. The standard InChI is InChI=1S/C16H31N3O2/c1-6-9-13(17-10-7-2)11-14-18-16(19-21-14)15(12(4)5)20-8-3/h12-13,15,17H,6-11H2,1-5H3. The zero-order chi connectivity index (χ0) is 15.7. The zero-order valence-corrected chi connectivity index (χ0v) is 14.2. The van der Waals surface area contributed by atoms with Gasteiger partial charge >= 0.3 is 0 Å². The molecule has 0 aliphatic heterocycles. The van der Waals surface area contributed by atoms with Gasteiger partial charge in [0, 0.05) is 19.1 Å². The molecule has 5 heteroatoms. The molecule has 1 aromatic heterocycles. The van der Waals surface area contributed by atoms with Gasteiger partial charge in [0.1, 0.15) is 6.10 Å². The van der Waals surface area contributed by atoms with Crippen LogP contribution in [0.25, 0.3) is 0 Å². The van der Waals surface area contributed by atoms with Gasteiger partial charge in [-0.15, -0.1) is 0 Å². The number of hydrogen-bond donors (Lipinski definition) is 1. The lowest BCUT2D eigenvalue weighted by atomic mass is 10.1. The topological polar surface area (TPSA) is 60.2 Å². The van der Waals surface area contributed by atoms with E-state index in [1.54, 1.807) is 0 Å². The number of nitrogens with zero attached hydrogens (tertiary/aromatic N) is 2. The molecule has 122 valence electrons. The van der Waals surface area contributed by atoms with Crippen LogP contribution in [0.4, 0.5) is 0 Å². The van der Waals surface area contributed by atoms with Crippen molar-refractivity contribution in [3.63, 3.8) is 0 Å². The van der Waals surface area contributed by atoms with Crippen LogP contribution >= 0.6 is 0 Å². The van der Waals surface area contributed by atoms with Crippen molar-refractivity contribution in [1.82, 2.24) is 15.5 Å². The van der Waals surface area contributed by atoms with Gasteiger partial charge in [0.25, 0.3) is 0 Å². The molecule has 0 aliphatic carbocycles. The van der Waals surface area contributed by atoms with E-state index in [-0.39, 0.29) is 6.10 Å². The molecule has 0 aliphatic rings. The molecule has 2 atom stereocenters. The Morgan fingerprint density at radius 2 is 1.95 bits per heavy atom. The average Bonchev–Trinajstić information content (AvgIpc) is 2.90. The van der Waals surface area contributed by atoms with Crippen LogP contribution in [-0.4, -0.2) is 29.3 Å². The Labute approximate surface area is 128 Å². The first-order chi connectivity index (χ1) is 10.1. The van der Waals surface area contributed by atoms with Crippen molar-refractivity contribution in [3.8, 4) is 0 Å². The van der Waals surface area contributed by atoms with Gasteiger partial charge in [-0.25, -0.2) is 0 Å². The summed E-state index contributed by atoms with van der Waals surface area (Å²) in [5, 5.41) is 7.66. The lowest BCUT2D eigenvalue weighted by molar-refractivity contribution is 0.0217. The molecule has 21 heavy (non-hydrogen) atoms. The SMILES string of the molecule is CCCNC(CCC)Cc1nc(C(OCC)C(C)C)no1. The lowest BCUT2D eigenvalue weighted by Gasteiger charge is -2.17. The maximum Gasteiger partial charge on any atom is 0.228 e. The third kappa shape index (κ3) is 6.14. The summed E-state index contributed by atoms with van der Waals surface area (Å²) in [4.78, 5) is 4.54. The summed E-state index contributed by atoms with van der Waals surface area (Å²) in [5.41, 5.74) is 0. The Bertz CT molecular complexity index is 379. The fourth-order valence-corrected chi connectivity index (χ4v) is 2.40. The molecule has 1 heterocycles. The zero-order valence-electron chi connectivity index (χ0n) is 14.2. The minimum Gasteiger partial charge on any atom is -0.370 e. The highest BCUT2D eigenvalue weighted by atomic mass is 16.5. The molecule has 0 spiro atoms. The summed E-state index contributed by atoms with van der Waals surface area (Å²) in [6, 6.07) is 0.410. The van der Waals surface area contributed by atoms with Crippen molar-refractivity contribution in [1.29, 1.82) is 0 Å². The first-order valence-electron chi connectivity index (χ1n) is 8.29. The van der Waals surface area contributed by atoms with Gasteiger partial charge in [-0.1, -0.05) is 39.3 Å². The van der Waals surface area contributed by atoms with Crippen molar-refractivity contribution < 1.29 is 9.26 Å². The number of rotatable bonds is 11. The maximum absolute atomic E-state index is 5.72. The Morgan fingerprint density at radius 1 is 1.19 bits per heavy atom. The normalized spacial score (nSPS) is 14.6. The second kappa shape index (κ2) is 9.90. The maximum atomic E-state index is 5.72. The molecule has 1 aromatic rings. The number of nitrogens with one attached hydrogen (secondary N) is 1. The fraction of sp³-hybridized carbons (Fsp3) is 0.875. The Balaban J connectivity index is 2.67. The number of ether oxygens (including phenoxy) is 1. The van der Waals surface area contributed by atoms with E-state index < -0.39 is 0 Å². The molecule has 2 unspecified atom stereocenters. The van der Waals surface area contributed by atoms with E-state index >= 15 is 0 Å². The van der Waals surface area contributed by atoms with Gasteiger partial charge in [0.05, 0.1) is 0 Å². The minimum atomic E-state index is -0.0827. The second-order valence-corrected chi connectivity index (χ2v) is 5.81. The van der Waals surface area contributed by atoms with Crippen LogP contribution < -0.4 is 5.32 Å². The molecule has 0 fully saturated rings. The Kier molecular flexibility index (Phi) is 8.54. The molecule has 0 amide bonds. The van der Waals surface area contributed by atoms with Crippen LogP contribution in [0.2, 0.25) is 0 Å². The summed E-state index contributed by atoms with van der Waals surface area (Å²) < 4.78 is 11.1. The Morgan fingerprint density at radius 3 is 2.52 bits per heavy atom. The smallest absolute Gasteiger partial charge is 0.228 e. The van der Waals surface area contributed by atoms with Crippen molar-refractivity contribution in [2.75, 3.05) is 13.2 Å². The van der Waals surface area contributed by atoms with Gasteiger partial charge in [0.15, 0.2) is 0 Å². The van der Waals surface area contributed by atoms with Crippen LogP contribution in [0.3, 0.4) is 0 Å². The van der Waals surface area contributed by atoms with Gasteiger partial charge in [-0.05, 0) is 32.2 Å². The highest BCUT2D eigenvalue weighted by Crippen LogP contribution is 2.23. The highest BCUT2D eigenvalue weighted by molar-refractivity contribution is 4.94. The molecule has 1 rings (SSSR count). The van der Waals surface area contributed by atoms with Crippen LogP contribution in [0, 0.1) is 5.92 Å². The van der Waals surface area contributed by atoms with Gasteiger partial charge in [-0.3, -0.25) is 0 Å². The van der Waals surface area contributed by atoms with Crippen molar-refractivity contribution in [2.45, 2.75) is 72.4 Å². The molecule has 0 radical (unpaired) electrons. The second-order valence-electron chi connectivity index (χ2n) is 5.81. The summed E-state index contributed by atoms with van der Waals surface area (Å²) in [5.74, 6) is 1.71. The predicted octanol–water partition coefficient (Wildman–Crippen LogP) is 3.51. The highest BCUT2D eigenvalue weighted by Gasteiger charge is 2.23. The molecule has 1 N–H and O–H groups in total. The molecule has 0 aromatic carbocycles. The lowest BCUT2D eigenvalue weighted by Crippen LogP contribution is -2.31. The van der Waals surface area contributed by atoms with Crippen LogP contribution in [-0.2, 0) is 11.2 Å². The molecule has 5 nitrogen and oxygen atoms in total. The molecular weight excluding hydrogens is 266 g/mol. The van der Waals surface area contributed by atoms with E-state index in [2.05, 4.69) is 43.2 Å². The fourth-order valence-electron chi connectivity index (χ4n) is 2.40. The molecular formula is C16H31N3O2. The third-order valence-corrected chi connectivity index (χ3v) is 3.43. The monoisotopic (exact) mass is 297 g/mol. The quantitative estimate of drug-likeness (QED) is 0.677. The third-order valence-electron chi connectivity index (χ3n) is 3.43. The van der Waals surface area contributed by atoms with E-state index in [4.69, 9.17) is 9.26 Å². The summed E-state index contributed by atoms with van der Waals surface area (Å²) in [7, 11) is 0. The van der Waals surface area contributed by atoms with Crippen LogP contribution in [0.1, 0.15) is 71.7 Å². The summed E-state index contributed by atoms with van der Waals surface area (Å²) in [6.07, 6.45) is 4.11. The predicted molar refractivity (Wildman–Crippen MR) is 84.2 cm³/mol. The van der Waals surface area contributed by atoms with E-state index in [1.807, 2.05) is 6.92 Å². The van der Waals surface area contributed by atoms with Crippen molar-refractivity contribution in [3.05, 3.63) is 11.7 Å². The average molecular weight is 297 g/mol. The van der Waals surface area contributed by atoms with Crippen LogP contribution in [0.15, 0.2) is 4.52 Å². The van der Waals surface area contributed by atoms with Crippen molar-refractivity contribution >= 4 is 0 Å². The van der Waals surface area contributed by atoms with E-state index in [1.165, 1.54) is 0 Å². The Hall–Kier alpha value is -0.940. The van der Waals surface area contributed by atoms with Crippen molar-refractivity contribution in [2.24, 2.45) is 5.92 Å². The summed E-state index contributed by atoms with van der Waals surface area (Å²) >= 11 is 0. The largest absolute Gasteiger partial charge is 0.370 e. The van der Waals surface area contributed by atoms with Crippen LogP contribution in [0.5, 0.6) is 0 Å². The van der Waals surface area contributed by atoms with Gasteiger partial charge < -0.3 is 14.6 Å². The molecule has 0 saturated heterocycles.